The Balaban J connectivity index is 1.61. The summed E-state index contributed by atoms with van der Waals surface area (Å²) in [6.07, 6.45) is -4.23. The zero-order valence-corrected chi connectivity index (χ0v) is 19.9. The van der Waals surface area contributed by atoms with Crippen molar-refractivity contribution >= 4 is 15.9 Å². The molecule has 3 N–H and O–H groups in total. The lowest BCUT2D eigenvalue weighted by molar-refractivity contribution is -0.137. The van der Waals surface area contributed by atoms with E-state index in [1.165, 1.54) is 24.3 Å². The third kappa shape index (κ3) is 6.08. The molecule has 34 heavy (non-hydrogen) atoms. The lowest BCUT2D eigenvalue weighted by Gasteiger charge is -2.35. The third-order valence-corrected chi connectivity index (χ3v) is 6.94. The zero-order chi connectivity index (χ0) is 25.3. The molecule has 0 bridgehead atoms. The second-order valence-electron chi connectivity index (χ2n) is 8.87. The number of sulfonamides is 1. The summed E-state index contributed by atoms with van der Waals surface area (Å²) in [5, 5.41) is 8.05. The Morgan fingerprint density at radius 2 is 1.82 bits per heavy atom. The van der Waals surface area contributed by atoms with E-state index in [-0.39, 0.29) is 28.7 Å². The molecule has 3 rings (SSSR count). The van der Waals surface area contributed by atoms with Gasteiger partial charge in [-0.25, -0.2) is 13.6 Å². The molecule has 2 aromatic rings. The molecule has 1 amide bonds. The minimum atomic E-state index is -4.45. The number of carbonyl (C=O) groups is 1. The Hall–Kier alpha value is -2.63. The Morgan fingerprint density at radius 1 is 1.18 bits per heavy atom. The molecule has 2 unspecified atom stereocenters. The molecular formula is C23H28F3N3O4S. The summed E-state index contributed by atoms with van der Waals surface area (Å²) in [4.78, 5) is 15.0. The highest BCUT2D eigenvalue weighted by Crippen LogP contribution is 2.32. The smallest absolute Gasteiger partial charge is 0.416 e. The second-order valence-corrected chi connectivity index (χ2v) is 10.4. The van der Waals surface area contributed by atoms with Crippen LogP contribution in [0.15, 0.2) is 53.4 Å². The van der Waals surface area contributed by atoms with Crippen LogP contribution in [0.4, 0.5) is 13.2 Å². The molecule has 0 aliphatic carbocycles. The number of nitrogens with one attached hydrogen (secondary N) is 1. The van der Waals surface area contributed by atoms with Crippen LogP contribution in [0, 0.1) is 0 Å². The van der Waals surface area contributed by atoms with Crippen molar-refractivity contribution < 1.29 is 31.1 Å². The number of alkyl halides is 3. The average Bonchev–Trinajstić information content (AvgIpc) is 3.22. The van der Waals surface area contributed by atoms with E-state index in [1.54, 1.807) is 32.9 Å². The molecule has 186 valence electrons. The van der Waals surface area contributed by atoms with Gasteiger partial charge in [-0.05, 0) is 63.1 Å². The first kappa shape index (κ1) is 26.0. The van der Waals surface area contributed by atoms with Crippen molar-refractivity contribution in [3.8, 4) is 5.75 Å². The number of nitrogens with zero attached hydrogens (tertiary/aromatic N) is 1. The van der Waals surface area contributed by atoms with Crippen LogP contribution >= 0.6 is 0 Å². The molecule has 7 nitrogen and oxygen atoms in total. The quantitative estimate of drug-likeness (QED) is 0.608. The molecule has 0 spiro atoms. The van der Waals surface area contributed by atoms with Crippen LogP contribution < -0.4 is 15.2 Å². The highest BCUT2D eigenvalue weighted by atomic mass is 32.2. The minimum Gasteiger partial charge on any atom is -0.489 e. The molecule has 0 aromatic heterocycles. The van der Waals surface area contributed by atoms with Crippen LogP contribution in [-0.4, -0.2) is 44.0 Å². The summed E-state index contributed by atoms with van der Waals surface area (Å²) in [5.74, 6) is -0.101. The normalized spacial score (nSPS) is 18.5. The Kier molecular flexibility index (Phi) is 7.30. The Labute approximate surface area is 197 Å². The number of amides is 1. The van der Waals surface area contributed by atoms with Gasteiger partial charge in [-0.3, -0.25) is 9.69 Å². The maximum absolute atomic E-state index is 13.0. The molecule has 0 saturated carbocycles. The van der Waals surface area contributed by atoms with Crippen molar-refractivity contribution in [3.63, 3.8) is 0 Å². The van der Waals surface area contributed by atoms with Crippen molar-refractivity contribution in [2.45, 2.75) is 55.9 Å². The van der Waals surface area contributed by atoms with Crippen molar-refractivity contribution in [1.82, 2.24) is 10.2 Å². The highest BCUT2D eigenvalue weighted by Gasteiger charge is 2.40. The van der Waals surface area contributed by atoms with Crippen LogP contribution in [0.2, 0.25) is 0 Å². The van der Waals surface area contributed by atoms with Crippen LogP contribution in [0.3, 0.4) is 0 Å². The Morgan fingerprint density at radius 3 is 2.41 bits per heavy atom. The first-order valence-corrected chi connectivity index (χ1v) is 12.3. The molecule has 1 aliphatic rings. The summed E-state index contributed by atoms with van der Waals surface area (Å²) in [6, 6.07) is 10.3. The van der Waals surface area contributed by atoms with Gasteiger partial charge in [0.2, 0.25) is 15.9 Å². The van der Waals surface area contributed by atoms with Crippen LogP contribution in [0.5, 0.6) is 5.75 Å². The Bertz CT molecular complexity index is 1130. The third-order valence-electron chi connectivity index (χ3n) is 6.01. The van der Waals surface area contributed by atoms with E-state index < -0.39 is 27.3 Å². The molecular weight excluding hydrogens is 471 g/mol. The molecule has 1 heterocycles. The number of primary sulfonamides is 1. The first-order valence-electron chi connectivity index (χ1n) is 10.7. The van der Waals surface area contributed by atoms with Gasteiger partial charge in [-0.2, -0.15) is 13.2 Å². The predicted octanol–water partition coefficient (Wildman–Crippen LogP) is 3.46. The van der Waals surface area contributed by atoms with Gasteiger partial charge in [0, 0.05) is 13.1 Å². The van der Waals surface area contributed by atoms with Gasteiger partial charge in [0.15, 0.2) is 0 Å². The van der Waals surface area contributed by atoms with Gasteiger partial charge in [0.05, 0.1) is 22.0 Å². The van der Waals surface area contributed by atoms with E-state index in [2.05, 4.69) is 5.32 Å². The van der Waals surface area contributed by atoms with Gasteiger partial charge in [-0.1, -0.05) is 18.2 Å². The largest absolute Gasteiger partial charge is 0.489 e. The van der Waals surface area contributed by atoms with E-state index in [1.807, 2.05) is 4.90 Å². The first-order chi connectivity index (χ1) is 15.7. The van der Waals surface area contributed by atoms with Gasteiger partial charge >= 0.3 is 6.18 Å². The van der Waals surface area contributed by atoms with Crippen molar-refractivity contribution in [3.05, 3.63) is 59.7 Å². The van der Waals surface area contributed by atoms with Crippen LogP contribution in [0.25, 0.3) is 0 Å². The molecule has 2 atom stereocenters. The fourth-order valence-electron chi connectivity index (χ4n) is 3.82. The number of hydrogen-bond donors (Lipinski definition) is 2. The maximum Gasteiger partial charge on any atom is 0.416 e. The lowest BCUT2D eigenvalue weighted by Crippen LogP contribution is -2.54. The zero-order valence-electron chi connectivity index (χ0n) is 19.1. The van der Waals surface area contributed by atoms with Gasteiger partial charge in [0.1, 0.15) is 11.9 Å². The van der Waals surface area contributed by atoms with Gasteiger partial charge in [0.25, 0.3) is 0 Å². The summed E-state index contributed by atoms with van der Waals surface area (Å²) in [7, 11) is -3.80. The lowest BCUT2D eigenvalue weighted by atomic mass is 10.0. The molecule has 1 fully saturated rings. The average molecular weight is 500 g/mol. The van der Waals surface area contributed by atoms with E-state index in [0.717, 1.165) is 12.1 Å². The summed E-state index contributed by atoms with van der Waals surface area (Å²) in [5.41, 5.74) is -0.963. The molecule has 11 heteroatoms. The fourth-order valence-corrected chi connectivity index (χ4v) is 4.33. The number of likely N-dealkylation sites (tertiary alicyclic amines) is 1. The number of nitrogens with two attached hydrogens (primary N) is 1. The number of rotatable bonds is 7. The van der Waals surface area contributed by atoms with Gasteiger partial charge in [-0.15, -0.1) is 0 Å². The molecule has 1 saturated heterocycles. The maximum atomic E-state index is 13.0. The van der Waals surface area contributed by atoms with Crippen molar-refractivity contribution in [2.24, 2.45) is 5.14 Å². The van der Waals surface area contributed by atoms with Crippen molar-refractivity contribution in [2.75, 3.05) is 13.1 Å². The van der Waals surface area contributed by atoms with Gasteiger partial charge < -0.3 is 10.1 Å². The second kappa shape index (κ2) is 9.55. The standard InChI is InChI=1S/C23H28F3N3O4S/c1-15(16-7-9-20(10-8-16)34(27,31)32)28-21(30)22(2,3)29-12-11-19(14-29)33-18-6-4-5-17(13-18)23(24,25)26/h4-10,13,15,19H,11-12,14H2,1-3H3,(H,28,30)(H2,27,31,32). The van der Waals surface area contributed by atoms with E-state index in [4.69, 9.17) is 9.88 Å². The van der Waals surface area contributed by atoms with Crippen LogP contribution in [0.1, 0.15) is 44.4 Å². The van der Waals surface area contributed by atoms with Crippen molar-refractivity contribution in [1.29, 1.82) is 0 Å². The predicted molar refractivity (Wildman–Crippen MR) is 121 cm³/mol. The number of halogens is 3. The molecule has 1 aliphatic heterocycles. The number of carbonyl (C=O) groups excluding carboxylic acids is 1. The monoisotopic (exact) mass is 499 g/mol. The highest BCUT2D eigenvalue weighted by molar-refractivity contribution is 7.89. The summed E-state index contributed by atoms with van der Waals surface area (Å²) in [6.45, 7) is 6.25. The topological polar surface area (TPSA) is 102 Å². The molecule has 2 aromatic carbocycles. The number of benzene rings is 2. The molecule has 0 radical (unpaired) electrons. The number of hydrogen-bond acceptors (Lipinski definition) is 5. The van der Waals surface area contributed by atoms with E-state index >= 15 is 0 Å². The minimum absolute atomic E-state index is 0.0148. The van der Waals surface area contributed by atoms with Crippen LogP contribution in [-0.2, 0) is 21.0 Å². The summed E-state index contributed by atoms with van der Waals surface area (Å²) >= 11 is 0. The summed E-state index contributed by atoms with van der Waals surface area (Å²) < 4.78 is 67.4. The number of ether oxygens (including phenoxy) is 1. The fraction of sp³-hybridized carbons (Fsp3) is 0.435. The SMILES string of the molecule is CC(NC(=O)C(C)(C)N1CCC(Oc2cccc(C(F)(F)F)c2)C1)c1ccc(S(N)(=O)=O)cc1. The van der Waals surface area contributed by atoms with E-state index in [0.29, 0.717) is 25.1 Å². The van der Waals surface area contributed by atoms with E-state index in [9.17, 15) is 26.4 Å².